The minimum atomic E-state index is -0.360. The van der Waals surface area contributed by atoms with Crippen molar-refractivity contribution < 1.29 is 4.79 Å². The summed E-state index contributed by atoms with van der Waals surface area (Å²) in [4.78, 5) is 25.9. The van der Waals surface area contributed by atoms with E-state index in [9.17, 15) is 4.79 Å². The molecule has 0 aliphatic carbocycles. The molecule has 4 rings (SSSR count). The summed E-state index contributed by atoms with van der Waals surface area (Å²) < 4.78 is 1.03. The van der Waals surface area contributed by atoms with Crippen LogP contribution < -0.4 is 5.32 Å². The largest absolute Gasteiger partial charge is 0.321 e. The number of terminal acetylenes is 1. The second-order valence-corrected chi connectivity index (χ2v) is 6.45. The molecule has 124 valence electrons. The summed E-state index contributed by atoms with van der Waals surface area (Å²) in [5, 5.41) is 3.47. The predicted molar refractivity (Wildman–Crippen MR) is 103 cm³/mol. The standard InChI is InChI=1S/C20H12N4OS/c1-2-13-6-5-7-14(12-13)23-19(25)17-18(22-11-10-21-17)20-24-15-8-3-4-9-16(15)26-20/h1,3-12H,(H,23,25). The maximum Gasteiger partial charge on any atom is 0.276 e. The van der Waals surface area contributed by atoms with Gasteiger partial charge in [0.25, 0.3) is 5.91 Å². The molecule has 2 aromatic heterocycles. The summed E-state index contributed by atoms with van der Waals surface area (Å²) in [7, 11) is 0. The lowest BCUT2D eigenvalue weighted by Crippen LogP contribution is -2.15. The van der Waals surface area contributed by atoms with E-state index in [1.54, 1.807) is 30.5 Å². The highest BCUT2D eigenvalue weighted by Gasteiger charge is 2.19. The van der Waals surface area contributed by atoms with Crippen LogP contribution in [0.4, 0.5) is 5.69 Å². The fourth-order valence-electron chi connectivity index (χ4n) is 2.51. The minimum Gasteiger partial charge on any atom is -0.321 e. The molecule has 5 nitrogen and oxygen atoms in total. The van der Waals surface area contributed by atoms with E-state index in [0.717, 1.165) is 10.2 Å². The molecular weight excluding hydrogens is 344 g/mol. The number of nitrogens with zero attached hydrogens (tertiary/aromatic N) is 3. The molecule has 0 aliphatic rings. The number of fused-ring (bicyclic) bond motifs is 1. The van der Waals surface area contributed by atoms with Crippen molar-refractivity contribution in [3.63, 3.8) is 0 Å². The van der Waals surface area contributed by atoms with Crippen LogP contribution in [-0.4, -0.2) is 20.9 Å². The zero-order chi connectivity index (χ0) is 17.9. The van der Waals surface area contributed by atoms with Gasteiger partial charge in [0.1, 0.15) is 10.7 Å². The first-order chi connectivity index (χ1) is 12.7. The Morgan fingerprint density at radius 1 is 1.08 bits per heavy atom. The van der Waals surface area contributed by atoms with Crippen LogP contribution in [0, 0.1) is 12.3 Å². The highest BCUT2D eigenvalue weighted by molar-refractivity contribution is 7.21. The first kappa shape index (κ1) is 15.9. The van der Waals surface area contributed by atoms with Gasteiger partial charge in [0.15, 0.2) is 5.69 Å². The lowest BCUT2D eigenvalue weighted by atomic mass is 10.2. The van der Waals surface area contributed by atoms with Gasteiger partial charge in [-0.15, -0.1) is 17.8 Å². The summed E-state index contributed by atoms with van der Waals surface area (Å²) in [5.74, 6) is 2.19. The van der Waals surface area contributed by atoms with Gasteiger partial charge in [-0.1, -0.05) is 24.1 Å². The van der Waals surface area contributed by atoms with E-state index in [1.807, 2.05) is 24.3 Å². The highest BCUT2D eigenvalue weighted by Crippen LogP contribution is 2.30. The van der Waals surface area contributed by atoms with Gasteiger partial charge in [0.05, 0.1) is 10.2 Å². The van der Waals surface area contributed by atoms with Crippen LogP contribution in [0.15, 0.2) is 60.9 Å². The monoisotopic (exact) mass is 356 g/mol. The Labute approximate surface area is 153 Å². The molecule has 26 heavy (non-hydrogen) atoms. The number of benzene rings is 2. The molecule has 2 heterocycles. The highest BCUT2D eigenvalue weighted by atomic mass is 32.1. The van der Waals surface area contributed by atoms with Crippen LogP contribution in [0.25, 0.3) is 20.9 Å². The molecule has 0 spiro atoms. The van der Waals surface area contributed by atoms with E-state index in [4.69, 9.17) is 6.42 Å². The number of carbonyl (C=O) groups excluding carboxylic acids is 1. The molecule has 0 saturated heterocycles. The maximum atomic E-state index is 12.7. The topological polar surface area (TPSA) is 67.8 Å². The summed E-state index contributed by atoms with van der Waals surface area (Å²) >= 11 is 1.47. The number of amides is 1. The fourth-order valence-corrected chi connectivity index (χ4v) is 3.47. The number of aromatic nitrogens is 3. The first-order valence-corrected chi connectivity index (χ1v) is 8.61. The number of rotatable bonds is 3. The van der Waals surface area contributed by atoms with E-state index >= 15 is 0 Å². The molecule has 1 N–H and O–H groups in total. The van der Waals surface area contributed by atoms with E-state index in [2.05, 4.69) is 26.2 Å². The van der Waals surface area contributed by atoms with Gasteiger partial charge in [0.2, 0.25) is 0 Å². The van der Waals surface area contributed by atoms with Gasteiger partial charge in [0, 0.05) is 23.6 Å². The molecular formula is C20H12N4OS. The molecule has 0 atom stereocenters. The second-order valence-electron chi connectivity index (χ2n) is 5.42. The van der Waals surface area contributed by atoms with Crippen molar-refractivity contribution in [2.45, 2.75) is 0 Å². The van der Waals surface area contributed by atoms with Crippen molar-refractivity contribution in [2.75, 3.05) is 5.32 Å². The lowest BCUT2D eigenvalue weighted by Gasteiger charge is -2.07. The minimum absolute atomic E-state index is 0.220. The quantitative estimate of drug-likeness (QED) is 0.564. The van der Waals surface area contributed by atoms with Gasteiger partial charge in [-0.25, -0.2) is 15.0 Å². The Kier molecular flexibility index (Phi) is 4.14. The lowest BCUT2D eigenvalue weighted by molar-refractivity contribution is 0.102. The van der Waals surface area contributed by atoms with Crippen molar-refractivity contribution in [1.29, 1.82) is 0 Å². The van der Waals surface area contributed by atoms with E-state index in [0.29, 0.717) is 22.0 Å². The molecule has 6 heteroatoms. The summed E-state index contributed by atoms with van der Waals surface area (Å²) in [6, 6.07) is 14.9. The smallest absolute Gasteiger partial charge is 0.276 e. The van der Waals surface area contributed by atoms with Crippen LogP contribution in [0.1, 0.15) is 16.1 Å². The Balaban J connectivity index is 1.71. The number of anilines is 1. The number of thiazole rings is 1. The van der Waals surface area contributed by atoms with Crippen LogP contribution >= 0.6 is 11.3 Å². The van der Waals surface area contributed by atoms with Crippen molar-refractivity contribution >= 4 is 33.1 Å². The third kappa shape index (κ3) is 3.04. The second kappa shape index (κ2) is 6.75. The van der Waals surface area contributed by atoms with Gasteiger partial charge >= 0.3 is 0 Å². The number of hydrogen-bond donors (Lipinski definition) is 1. The Hall–Kier alpha value is -3.56. The molecule has 0 aliphatic heterocycles. The Morgan fingerprint density at radius 2 is 1.92 bits per heavy atom. The molecule has 1 amide bonds. The van der Waals surface area contributed by atoms with Crippen LogP contribution in [0.3, 0.4) is 0 Å². The predicted octanol–water partition coefficient (Wildman–Crippen LogP) is 3.99. The van der Waals surface area contributed by atoms with Crippen LogP contribution in [0.2, 0.25) is 0 Å². The Bertz CT molecular complexity index is 1130. The van der Waals surface area contributed by atoms with E-state index in [-0.39, 0.29) is 11.6 Å². The van der Waals surface area contributed by atoms with Gasteiger partial charge < -0.3 is 5.32 Å². The molecule has 0 fully saturated rings. The van der Waals surface area contributed by atoms with Gasteiger partial charge in [-0.2, -0.15) is 0 Å². The summed E-state index contributed by atoms with van der Waals surface area (Å²) in [6.07, 6.45) is 8.45. The van der Waals surface area contributed by atoms with Gasteiger partial charge in [-0.05, 0) is 30.3 Å². The number of para-hydroxylation sites is 1. The number of nitrogens with one attached hydrogen (secondary N) is 1. The van der Waals surface area contributed by atoms with Crippen LogP contribution in [0.5, 0.6) is 0 Å². The molecule has 2 aromatic carbocycles. The summed E-state index contributed by atoms with van der Waals surface area (Å²) in [5.41, 5.74) is 2.84. The molecule has 4 aromatic rings. The molecule has 0 saturated carbocycles. The number of hydrogen-bond acceptors (Lipinski definition) is 5. The van der Waals surface area contributed by atoms with E-state index in [1.165, 1.54) is 17.5 Å². The molecule has 0 unspecified atom stereocenters. The third-order valence-corrected chi connectivity index (χ3v) is 4.74. The zero-order valence-electron chi connectivity index (χ0n) is 13.5. The molecule has 0 radical (unpaired) electrons. The SMILES string of the molecule is C#Cc1cccc(NC(=O)c2nccnc2-c2nc3ccccc3s2)c1. The maximum absolute atomic E-state index is 12.7. The summed E-state index contributed by atoms with van der Waals surface area (Å²) in [6.45, 7) is 0. The van der Waals surface area contributed by atoms with Crippen molar-refractivity contribution in [2.24, 2.45) is 0 Å². The van der Waals surface area contributed by atoms with Crippen molar-refractivity contribution in [1.82, 2.24) is 15.0 Å². The average Bonchev–Trinajstić information content (AvgIpc) is 3.12. The zero-order valence-corrected chi connectivity index (χ0v) is 14.3. The fraction of sp³-hybridized carbons (Fsp3) is 0. The van der Waals surface area contributed by atoms with Crippen molar-refractivity contribution in [3.05, 3.63) is 72.2 Å². The first-order valence-electron chi connectivity index (χ1n) is 7.79. The molecule has 0 bridgehead atoms. The van der Waals surface area contributed by atoms with Gasteiger partial charge in [-0.3, -0.25) is 4.79 Å². The average molecular weight is 356 g/mol. The van der Waals surface area contributed by atoms with E-state index < -0.39 is 0 Å². The van der Waals surface area contributed by atoms with Crippen LogP contribution in [-0.2, 0) is 0 Å². The normalized spacial score (nSPS) is 10.4. The third-order valence-electron chi connectivity index (χ3n) is 3.70. The van der Waals surface area contributed by atoms with Crippen molar-refractivity contribution in [3.8, 4) is 23.0 Å². The number of carbonyl (C=O) groups is 1. The Morgan fingerprint density at radius 3 is 2.77 bits per heavy atom.